The molecule has 3 heterocycles. The zero-order valence-electron chi connectivity index (χ0n) is 11.5. The van der Waals surface area contributed by atoms with E-state index in [-0.39, 0.29) is 0 Å². The topological polar surface area (TPSA) is 44.3 Å². The van der Waals surface area contributed by atoms with Gasteiger partial charge in [0.2, 0.25) is 5.95 Å². The summed E-state index contributed by atoms with van der Waals surface area (Å²) in [5, 5.41) is 4.45. The van der Waals surface area contributed by atoms with Crippen LogP contribution >= 0.6 is 0 Å². The first-order valence-electron chi connectivity index (χ1n) is 7.32. The Hall–Kier alpha value is -1.72. The highest BCUT2D eigenvalue weighted by molar-refractivity contribution is 5.78. The lowest BCUT2D eigenvalue weighted by Crippen LogP contribution is -2.61. The normalized spacial score (nSPS) is 21.1. The average Bonchev–Trinajstić information content (AvgIpc) is 2.46. The molecule has 1 aromatic heterocycles. The van der Waals surface area contributed by atoms with Crippen LogP contribution in [0.1, 0.15) is 0 Å². The maximum absolute atomic E-state index is 4.69. The molecule has 0 unspecified atom stereocenters. The quantitative estimate of drug-likeness (QED) is 0.870. The molecule has 2 aliphatic heterocycles. The minimum atomic E-state index is 0.745. The van der Waals surface area contributed by atoms with Crippen LogP contribution in [0.15, 0.2) is 30.5 Å². The second-order valence-electron chi connectivity index (χ2n) is 5.56. The van der Waals surface area contributed by atoms with Crippen LogP contribution in [0, 0.1) is 0 Å². The fourth-order valence-electron chi connectivity index (χ4n) is 2.93. The third-order valence-corrected chi connectivity index (χ3v) is 4.35. The smallest absolute Gasteiger partial charge is 0.225 e. The van der Waals surface area contributed by atoms with E-state index in [4.69, 9.17) is 0 Å². The molecular formula is C15H19N5. The van der Waals surface area contributed by atoms with Crippen LogP contribution in [-0.2, 0) is 0 Å². The molecule has 0 aliphatic carbocycles. The van der Waals surface area contributed by atoms with E-state index in [9.17, 15) is 0 Å². The Morgan fingerprint density at radius 2 is 1.85 bits per heavy atom. The van der Waals surface area contributed by atoms with Gasteiger partial charge < -0.3 is 10.2 Å². The highest BCUT2D eigenvalue weighted by Gasteiger charge is 2.28. The SMILES string of the molecule is c1ccc2nc(N3CCN(C4CNC4)CC3)ncc2c1. The van der Waals surface area contributed by atoms with Crippen molar-refractivity contribution in [2.45, 2.75) is 6.04 Å². The molecule has 1 N–H and O–H groups in total. The van der Waals surface area contributed by atoms with Crippen molar-refractivity contribution in [3.05, 3.63) is 30.5 Å². The summed E-state index contributed by atoms with van der Waals surface area (Å²) in [6.07, 6.45) is 1.93. The van der Waals surface area contributed by atoms with Gasteiger partial charge in [-0.3, -0.25) is 4.90 Å². The highest BCUT2D eigenvalue weighted by Crippen LogP contribution is 2.17. The first-order chi connectivity index (χ1) is 9.90. The van der Waals surface area contributed by atoms with Gasteiger partial charge in [0.15, 0.2) is 0 Å². The van der Waals surface area contributed by atoms with E-state index in [1.807, 2.05) is 18.3 Å². The molecule has 0 spiro atoms. The maximum Gasteiger partial charge on any atom is 0.225 e. The van der Waals surface area contributed by atoms with Crippen LogP contribution in [0.3, 0.4) is 0 Å². The van der Waals surface area contributed by atoms with Gasteiger partial charge in [-0.1, -0.05) is 18.2 Å². The number of piperazine rings is 1. The second-order valence-corrected chi connectivity index (χ2v) is 5.56. The number of fused-ring (bicyclic) bond motifs is 1. The summed E-state index contributed by atoms with van der Waals surface area (Å²) in [5.74, 6) is 0.870. The van der Waals surface area contributed by atoms with Crippen LogP contribution in [0.2, 0.25) is 0 Å². The van der Waals surface area contributed by atoms with E-state index in [0.717, 1.165) is 62.2 Å². The Labute approximate surface area is 118 Å². The maximum atomic E-state index is 4.69. The fourth-order valence-corrected chi connectivity index (χ4v) is 2.93. The summed E-state index contributed by atoms with van der Waals surface area (Å²) in [6.45, 7) is 6.56. The van der Waals surface area contributed by atoms with Gasteiger partial charge in [0.1, 0.15) is 0 Å². The number of anilines is 1. The lowest BCUT2D eigenvalue weighted by Gasteiger charge is -2.43. The molecule has 104 valence electrons. The molecule has 5 nitrogen and oxygen atoms in total. The molecule has 0 atom stereocenters. The summed E-state index contributed by atoms with van der Waals surface area (Å²) < 4.78 is 0. The van der Waals surface area contributed by atoms with E-state index in [1.54, 1.807) is 0 Å². The van der Waals surface area contributed by atoms with E-state index in [2.05, 4.69) is 37.2 Å². The molecule has 2 aliphatic rings. The van der Waals surface area contributed by atoms with Crippen molar-refractivity contribution in [1.29, 1.82) is 0 Å². The van der Waals surface area contributed by atoms with Gasteiger partial charge >= 0.3 is 0 Å². The number of hydrogen-bond acceptors (Lipinski definition) is 5. The molecule has 0 radical (unpaired) electrons. The Balaban J connectivity index is 1.49. The molecule has 0 amide bonds. The fraction of sp³-hybridized carbons (Fsp3) is 0.467. The van der Waals surface area contributed by atoms with E-state index < -0.39 is 0 Å². The number of nitrogens with zero attached hydrogens (tertiary/aromatic N) is 4. The minimum Gasteiger partial charge on any atom is -0.338 e. The first kappa shape index (κ1) is 12.1. The zero-order valence-corrected chi connectivity index (χ0v) is 11.5. The molecule has 20 heavy (non-hydrogen) atoms. The molecule has 0 bridgehead atoms. The predicted molar refractivity (Wildman–Crippen MR) is 80.0 cm³/mol. The van der Waals surface area contributed by atoms with Crippen molar-refractivity contribution < 1.29 is 0 Å². The zero-order chi connectivity index (χ0) is 13.4. The van der Waals surface area contributed by atoms with Gasteiger partial charge in [-0.25, -0.2) is 9.97 Å². The summed E-state index contributed by atoms with van der Waals surface area (Å²) >= 11 is 0. The van der Waals surface area contributed by atoms with E-state index in [1.165, 1.54) is 0 Å². The number of rotatable bonds is 2. The minimum absolute atomic E-state index is 0.745. The molecule has 5 heteroatoms. The van der Waals surface area contributed by atoms with E-state index >= 15 is 0 Å². The van der Waals surface area contributed by atoms with Gasteiger partial charge in [0.05, 0.1) is 5.52 Å². The van der Waals surface area contributed by atoms with Crippen molar-refractivity contribution in [1.82, 2.24) is 20.2 Å². The largest absolute Gasteiger partial charge is 0.338 e. The number of aromatic nitrogens is 2. The van der Waals surface area contributed by atoms with Gasteiger partial charge in [-0.2, -0.15) is 0 Å². The third kappa shape index (κ3) is 2.13. The van der Waals surface area contributed by atoms with Crippen molar-refractivity contribution in [3.8, 4) is 0 Å². The van der Waals surface area contributed by atoms with Gasteiger partial charge in [-0.05, 0) is 6.07 Å². The molecule has 2 fully saturated rings. The second kappa shape index (κ2) is 5.00. The number of hydrogen-bond donors (Lipinski definition) is 1. The number of benzene rings is 1. The number of nitrogens with one attached hydrogen (secondary N) is 1. The average molecular weight is 269 g/mol. The van der Waals surface area contributed by atoms with Crippen LogP contribution in [-0.4, -0.2) is 60.2 Å². The first-order valence-corrected chi connectivity index (χ1v) is 7.32. The number of para-hydroxylation sites is 1. The van der Waals surface area contributed by atoms with Crippen molar-refractivity contribution in [2.24, 2.45) is 0 Å². The molecule has 4 rings (SSSR count). The third-order valence-electron chi connectivity index (χ3n) is 4.35. The molecular weight excluding hydrogens is 250 g/mol. The Bertz CT molecular complexity index is 602. The van der Waals surface area contributed by atoms with Crippen LogP contribution in [0.5, 0.6) is 0 Å². The molecule has 2 aromatic rings. The van der Waals surface area contributed by atoms with Crippen LogP contribution < -0.4 is 10.2 Å². The van der Waals surface area contributed by atoms with Crippen molar-refractivity contribution >= 4 is 16.9 Å². The van der Waals surface area contributed by atoms with E-state index in [0.29, 0.717) is 0 Å². The van der Waals surface area contributed by atoms with Crippen LogP contribution in [0.25, 0.3) is 10.9 Å². The molecule has 0 saturated carbocycles. The molecule has 1 aromatic carbocycles. The predicted octanol–water partition coefficient (Wildman–Crippen LogP) is 0.724. The lowest BCUT2D eigenvalue weighted by molar-refractivity contribution is 0.137. The van der Waals surface area contributed by atoms with Gasteiger partial charge in [0.25, 0.3) is 0 Å². The van der Waals surface area contributed by atoms with Crippen molar-refractivity contribution in [3.63, 3.8) is 0 Å². The van der Waals surface area contributed by atoms with Gasteiger partial charge in [0, 0.05) is 56.9 Å². The van der Waals surface area contributed by atoms with Crippen molar-refractivity contribution in [2.75, 3.05) is 44.2 Å². The summed E-state index contributed by atoms with van der Waals surface area (Å²) in [5.41, 5.74) is 1.03. The Kier molecular flexibility index (Phi) is 3.01. The van der Waals surface area contributed by atoms with Crippen LogP contribution in [0.4, 0.5) is 5.95 Å². The summed E-state index contributed by atoms with van der Waals surface area (Å²) in [7, 11) is 0. The standard InChI is InChI=1S/C15H19N5/c1-2-4-14-12(3-1)9-17-15(18-14)20-7-5-19(6-8-20)13-10-16-11-13/h1-4,9,13,16H,5-8,10-11H2. The monoisotopic (exact) mass is 269 g/mol. The Morgan fingerprint density at radius 1 is 1.05 bits per heavy atom. The Morgan fingerprint density at radius 3 is 2.60 bits per heavy atom. The van der Waals surface area contributed by atoms with Gasteiger partial charge in [-0.15, -0.1) is 0 Å². The molecule has 2 saturated heterocycles. The highest BCUT2D eigenvalue weighted by atomic mass is 15.3. The lowest BCUT2D eigenvalue weighted by atomic mass is 10.1. The summed E-state index contributed by atoms with van der Waals surface area (Å²) in [6, 6.07) is 8.91. The summed E-state index contributed by atoms with van der Waals surface area (Å²) in [4.78, 5) is 14.1.